The number of hydrogen-bond donors (Lipinski definition) is 0. The monoisotopic (exact) mass is 297 g/mol. The standard InChI is InChI=1S/C14H19NO4S/c1-15(12-7-8-20(17,18)10-12)9-14(16)11-3-5-13(19-2)6-4-11/h3-6,12H,7-10H2,1-2H3. The lowest BCUT2D eigenvalue weighted by molar-refractivity contribution is 0.0926. The van der Waals surface area contributed by atoms with Gasteiger partial charge in [-0.1, -0.05) is 0 Å². The van der Waals surface area contributed by atoms with Crippen LogP contribution in [0, 0.1) is 0 Å². The number of sulfone groups is 1. The fourth-order valence-corrected chi connectivity index (χ4v) is 4.15. The molecule has 1 aromatic carbocycles. The second-order valence-corrected chi connectivity index (χ2v) is 7.35. The molecule has 2 rings (SSSR count). The highest BCUT2D eigenvalue weighted by Crippen LogP contribution is 2.17. The summed E-state index contributed by atoms with van der Waals surface area (Å²) >= 11 is 0. The van der Waals surface area contributed by atoms with E-state index in [0.29, 0.717) is 17.7 Å². The minimum atomic E-state index is -2.92. The average molecular weight is 297 g/mol. The largest absolute Gasteiger partial charge is 0.497 e. The first-order valence-corrected chi connectivity index (χ1v) is 8.31. The lowest BCUT2D eigenvalue weighted by Gasteiger charge is -2.22. The van der Waals surface area contributed by atoms with Gasteiger partial charge in [0, 0.05) is 11.6 Å². The molecule has 0 aromatic heterocycles. The van der Waals surface area contributed by atoms with Gasteiger partial charge in [-0.05, 0) is 37.7 Å². The van der Waals surface area contributed by atoms with Crippen molar-refractivity contribution >= 4 is 15.6 Å². The van der Waals surface area contributed by atoms with Crippen molar-refractivity contribution in [2.24, 2.45) is 0 Å². The van der Waals surface area contributed by atoms with E-state index in [4.69, 9.17) is 4.74 Å². The van der Waals surface area contributed by atoms with E-state index in [1.165, 1.54) is 0 Å². The van der Waals surface area contributed by atoms with Gasteiger partial charge in [0.15, 0.2) is 15.6 Å². The highest BCUT2D eigenvalue weighted by atomic mass is 32.2. The molecule has 0 bridgehead atoms. The number of ketones is 1. The summed E-state index contributed by atoms with van der Waals surface area (Å²) in [5.74, 6) is 1.06. The number of Topliss-reactive ketones (excluding diaryl/α,β-unsaturated/α-hetero) is 1. The highest BCUT2D eigenvalue weighted by molar-refractivity contribution is 7.91. The number of benzene rings is 1. The van der Waals surface area contributed by atoms with E-state index >= 15 is 0 Å². The van der Waals surface area contributed by atoms with Gasteiger partial charge in [-0.3, -0.25) is 9.69 Å². The van der Waals surface area contributed by atoms with Crippen LogP contribution in [-0.4, -0.2) is 57.4 Å². The smallest absolute Gasteiger partial charge is 0.176 e. The molecule has 110 valence electrons. The Labute approximate surface area is 119 Å². The predicted molar refractivity (Wildman–Crippen MR) is 77.0 cm³/mol. The molecule has 1 aromatic rings. The zero-order valence-electron chi connectivity index (χ0n) is 11.7. The predicted octanol–water partition coefficient (Wildman–Crippen LogP) is 0.997. The summed E-state index contributed by atoms with van der Waals surface area (Å²) in [6.45, 7) is 0.229. The number of methoxy groups -OCH3 is 1. The van der Waals surface area contributed by atoms with Gasteiger partial charge in [0.1, 0.15) is 5.75 Å². The molecule has 1 aliphatic rings. The van der Waals surface area contributed by atoms with Crippen LogP contribution in [0.15, 0.2) is 24.3 Å². The summed E-state index contributed by atoms with van der Waals surface area (Å²) in [5, 5.41) is 0. The van der Waals surface area contributed by atoms with Crippen LogP contribution in [0.5, 0.6) is 5.75 Å². The quantitative estimate of drug-likeness (QED) is 0.759. The molecule has 0 N–H and O–H groups in total. The SMILES string of the molecule is COc1ccc(C(=O)CN(C)C2CCS(=O)(=O)C2)cc1. The Morgan fingerprint density at radius 1 is 1.35 bits per heavy atom. The number of ether oxygens (including phenoxy) is 1. The molecule has 1 saturated heterocycles. The molecule has 20 heavy (non-hydrogen) atoms. The first kappa shape index (κ1) is 15.0. The van der Waals surface area contributed by atoms with Gasteiger partial charge in [0.05, 0.1) is 25.2 Å². The third-order valence-electron chi connectivity index (χ3n) is 3.64. The van der Waals surface area contributed by atoms with Gasteiger partial charge in [-0.15, -0.1) is 0 Å². The van der Waals surface area contributed by atoms with Crippen LogP contribution in [0.2, 0.25) is 0 Å². The first-order chi connectivity index (χ1) is 9.41. The maximum absolute atomic E-state index is 12.1. The molecule has 0 radical (unpaired) electrons. The molecule has 1 aliphatic heterocycles. The number of carbonyl (C=O) groups excluding carboxylic acids is 1. The van der Waals surface area contributed by atoms with Crippen molar-refractivity contribution in [1.29, 1.82) is 0 Å². The molecule has 0 amide bonds. The fraction of sp³-hybridized carbons (Fsp3) is 0.500. The van der Waals surface area contributed by atoms with Crippen LogP contribution in [0.4, 0.5) is 0 Å². The number of hydrogen-bond acceptors (Lipinski definition) is 5. The van der Waals surface area contributed by atoms with Crippen molar-refractivity contribution in [2.75, 3.05) is 32.2 Å². The second-order valence-electron chi connectivity index (χ2n) is 5.12. The van der Waals surface area contributed by atoms with E-state index < -0.39 is 9.84 Å². The zero-order valence-corrected chi connectivity index (χ0v) is 12.5. The molecule has 5 nitrogen and oxygen atoms in total. The molecule has 1 unspecified atom stereocenters. The maximum atomic E-state index is 12.1. The van der Waals surface area contributed by atoms with Gasteiger partial charge in [-0.2, -0.15) is 0 Å². The number of rotatable bonds is 5. The van der Waals surface area contributed by atoms with Crippen molar-refractivity contribution in [3.63, 3.8) is 0 Å². The van der Waals surface area contributed by atoms with Crippen molar-refractivity contribution in [2.45, 2.75) is 12.5 Å². The van der Waals surface area contributed by atoms with Crippen molar-refractivity contribution in [1.82, 2.24) is 4.90 Å². The third-order valence-corrected chi connectivity index (χ3v) is 5.39. The maximum Gasteiger partial charge on any atom is 0.176 e. The lowest BCUT2D eigenvalue weighted by Crippen LogP contribution is -2.36. The van der Waals surface area contributed by atoms with Crippen molar-refractivity contribution < 1.29 is 17.9 Å². The molecular formula is C14H19NO4S. The molecule has 6 heteroatoms. The van der Waals surface area contributed by atoms with E-state index in [-0.39, 0.29) is 29.9 Å². The highest BCUT2D eigenvalue weighted by Gasteiger charge is 2.31. The Morgan fingerprint density at radius 2 is 2.00 bits per heavy atom. The molecule has 0 aliphatic carbocycles. The summed E-state index contributed by atoms with van der Waals surface area (Å²) in [4.78, 5) is 14.0. The number of carbonyl (C=O) groups is 1. The summed E-state index contributed by atoms with van der Waals surface area (Å²) < 4.78 is 27.9. The van der Waals surface area contributed by atoms with E-state index in [2.05, 4.69) is 0 Å². The van der Waals surface area contributed by atoms with Crippen molar-refractivity contribution in [3.05, 3.63) is 29.8 Å². The van der Waals surface area contributed by atoms with Crippen LogP contribution in [0.25, 0.3) is 0 Å². The lowest BCUT2D eigenvalue weighted by atomic mass is 10.1. The molecule has 0 saturated carbocycles. The van der Waals surface area contributed by atoms with Crippen LogP contribution >= 0.6 is 0 Å². The fourth-order valence-electron chi connectivity index (χ4n) is 2.35. The Morgan fingerprint density at radius 3 is 2.50 bits per heavy atom. The molecule has 0 spiro atoms. The number of likely N-dealkylation sites (N-methyl/N-ethyl adjacent to an activating group) is 1. The van der Waals surface area contributed by atoms with Crippen LogP contribution < -0.4 is 4.74 Å². The first-order valence-electron chi connectivity index (χ1n) is 6.49. The average Bonchev–Trinajstić information content (AvgIpc) is 2.79. The van der Waals surface area contributed by atoms with Crippen LogP contribution in [-0.2, 0) is 9.84 Å². The van der Waals surface area contributed by atoms with E-state index in [9.17, 15) is 13.2 Å². The van der Waals surface area contributed by atoms with E-state index in [1.54, 1.807) is 38.4 Å². The summed E-state index contributed by atoms with van der Waals surface area (Å²) in [6, 6.07) is 6.88. The van der Waals surface area contributed by atoms with Gasteiger partial charge >= 0.3 is 0 Å². The molecule has 1 heterocycles. The van der Waals surface area contributed by atoms with Crippen LogP contribution in [0.3, 0.4) is 0 Å². The molecule has 1 fully saturated rings. The van der Waals surface area contributed by atoms with Gasteiger partial charge < -0.3 is 4.74 Å². The topological polar surface area (TPSA) is 63.7 Å². The molecular weight excluding hydrogens is 278 g/mol. The third kappa shape index (κ3) is 3.58. The van der Waals surface area contributed by atoms with Gasteiger partial charge in [0.25, 0.3) is 0 Å². The Kier molecular flexibility index (Phi) is 4.45. The second kappa shape index (κ2) is 5.93. The Hall–Kier alpha value is -1.40. The minimum Gasteiger partial charge on any atom is -0.497 e. The summed E-state index contributed by atoms with van der Waals surface area (Å²) in [6.07, 6.45) is 0.606. The van der Waals surface area contributed by atoms with Gasteiger partial charge in [-0.25, -0.2) is 8.42 Å². The summed E-state index contributed by atoms with van der Waals surface area (Å²) in [5.41, 5.74) is 0.610. The Balaban J connectivity index is 1.97. The number of nitrogens with zero attached hydrogens (tertiary/aromatic N) is 1. The van der Waals surface area contributed by atoms with E-state index in [1.807, 2.05) is 4.90 Å². The summed E-state index contributed by atoms with van der Waals surface area (Å²) in [7, 11) is 0.454. The van der Waals surface area contributed by atoms with Gasteiger partial charge in [0.2, 0.25) is 0 Å². The van der Waals surface area contributed by atoms with Crippen LogP contribution in [0.1, 0.15) is 16.8 Å². The zero-order chi connectivity index (χ0) is 14.8. The minimum absolute atomic E-state index is 0.0144. The van der Waals surface area contributed by atoms with E-state index in [0.717, 1.165) is 0 Å². The molecule has 1 atom stereocenters. The van der Waals surface area contributed by atoms with Crippen molar-refractivity contribution in [3.8, 4) is 5.75 Å². The normalized spacial score (nSPS) is 21.1. The Bertz CT molecular complexity index is 580.